The number of hydrogen-bond donors (Lipinski definition) is 1. The Bertz CT molecular complexity index is 70.3. The van der Waals surface area contributed by atoms with Crippen LogP contribution in [0.1, 0.15) is 6.92 Å². The summed E-state index contributed by atoms with van der Waals surface area (Å²) in [6.45, 7) is 2.14. The lowest BCUT2D eigenvalue weighted by Gasteiger charge is -1.93. The summed E-state index contributed by atoms with van der Waals surface area (Å²) in [4.78, 5) is 10.1. The van der Waals surface area contributed by atoms with Crippen LogP contribution in [-0.4, -0.2) is 47.4 Å². The van der Waals surface area contributed by atoms with Gasteiger partial charge in [0.05, 0.1) is 13.2 Å². The van der Waals surface area contributed by atoms with Crippen LogP contribution in [0.5, 0.6) is 0 Å². The van der Waals surface area contributed by atoms with Gasteiger partial charge in [-0.2, -0.15) is 0 Å². The SMILES string of the molecule is CCOC(=O)CN.O.O.[Al]. The van der Waals surface area contributed by atoms with Crippen LogP contribution in [0, 0.1) is 0 Å². The number of ether oxygens (including phenoxy) is 1. The molecule has 0 heterocycles. The van der Waals surface area contributed by atoms with Crippen molar-refractivity contribution in [3.8, 4) is 0 Å². The molecule has 0 saturated heterocycles. The molecule has 6 N–H and O–H groups in total. The van der Waals surface area contributed by atoms with Gasteiger partial charge < -0.3 is 21.4 Å². The first-order valence-electron chi connectivity index (χ1n) is 2.17. The van der Waals surface area contributed by atoms with Crippen molar-refractivity contribution >= 4 is 23.3 Å². The van der Waals surface area contributed by atoms with Crippen molar-refractivity contribution in [2.75, 3.05) is 13.2 Å². The highest BCUT2D eigenvalue weighted by molar-refractivity contribution is 5.75. The Labute approximate surface area is 70.3 Å². The van der Waals surface area contributed by atoms with Crippen LogP contribution in [0.15, 0.2) is 0 Å². The Balaban J connectivity index is -0.0000000600. The molecule has 0 fully saturated rings. The van der Waals surface area contributed by atoms with Crippen molar-refractivity contribution in [1.29, 1.82) is 0 Å². The summed E-state index contributed by atoms with van der Waals surface area (Å²) in [6.07, 6.45) is 0. The minimum absolute atomic E-state index is 0. The van der Waals surface area contributed by atoms with Crippen LogP contribution in [0.25, 0.3) is 0 Å². The third-order valence-electron chi connectivity index (χ3n) is 0.472. The molecule has 0 aliphatic rings. The van der Waals surface area contributed by atoms with E-state index in [0.29, 0.717) is 6.61 Å². The summed E-state index contributed by atoms with van der Waals surface area (Å²) >= 11 is 0. The predicted octanol–water partition coefficient (Wildman–Crippen LogP) is -2.52. The van der Waals surface area contributed by atoms with Crippen molar-refractivity contribution in [2.24, 2.45) is 5.73 Å². The van der Waals surface area contributed by atoms with Crippen molar-refractivity contribution in [3.05, 3.63) is 0 Å². The number of carbonyl (C=O) groups is 1. The van der Waals surface area contributed by atoms with E-state index in [-0.39, 0.29) is 40.8 Å². The molecule has 0 spiro atoms. The standard InChI is InChI=1S/C4H9NO2.Al.2H2O/c1-2-7-4(6)3-5;;;/h2-3,5H2,1H3;;2*1H2. The smallest absolute Gasteiger partial charge is 0.319 e. The number of hydrogen-bond acceptors (Lipinski definition) is 3. The average Bonchev–Trinajstić information content (AvgIpc) is 1.68. The van der Waals surface area contributed by atoms with E-state index >= 15 is 0 Å². The summed E-state index contributed by atoms with van der Waals surface area (Å²) in [7, 11) is 0. The minimum atomic E-state index is -0.345. The summed E-state index contributed by atoms with van der Waals surface area (Å²) < 4.78 is 4.43. The van der Waals surface area contributed by atoms with Gasteiger partial charge >= 0.3 is 5.97 Å². The highest BCUT2D eigenvalue weighted by Crippen LogP contribution is 1.69. The zero-order valence-electron chi connectivity index (χ0n) is 5.89. The third kappa shape index (κ3) is 15.7. The lowest BCUT2D eigenvalue weighted by atomic mass is 10.7. The Morgan fingerprint density at radius 3 is 2.00 bits per heavy atom. The molecule has 10 heavy (non-hydrogen) atoms. The molecular weight excluding hydrogens is 153 g/mol. The van der Waals surface area contributed by atoms with Gasteiger partial charge in [-0.05, 0) is 6.92 Å². The maximum absolute atomic E-state index is 10.1. The van der Waals surface area contributed by atoms with Gasteiger partial charge in [0, 0.05) is 17.4 Å². The van der Waals surface area contributed by atoms with Crippen molar-refractivity contribution in [3.63, 3.8) is 0 Å². The van der Waals surface area contributed by atoms with E-state index in [1.807, 2.05) is 0 Å². The van der Waals surface area contributed by atoms with Gasteiger partial charge in [-0.15, -0.1) is 0 Å². The molecule has 0 aromatic heterocycles. The molecule has 0 aromatic carbocycles. The number of carbonyl (C=O) groups excluding carboxylic acids is 1. The zero-order valence-corrected chi connectivity index (χ0v) is 7.04. The van der Waals surface area contributed by atoms with E-state index in [4.69, 9.17) is 5.73 Å². The predicted molar refractivity (Wildman–Crippen MR) is 38.7 cm³/mol. The lowest BCUT2D eigenvalue weighted by molar-refractivity contribution is -0.141. The maximum atomic E-state index is 10.1. The zero-order chi connectivity index (χ0) is 5.70. The Morgan fingerprint density at radius 1 is 1.50 bits per heavy atom. The molecule has 0 amide bonds. The van der Waals surface area contributed by atoms with Crippen molar-refractivity contribution in [2.45, 2.75) is 6.92 Å². The Morgan fingerprint density at radius 2 is 1.90 bits per heavy atom. The van der Waals surface area contributed by atoms with Crippen molar-refractivity contribution in [1.82, 2.24) is 0 Å². The first-order chi connectivity index (χ1) is 3.31. The summed E-state index contributed by atoms with van der Waals surface area (Å²) in [5, 5.41) is 0. The van der Waals surface area contributed by atoms with Gasteiger partial charge in [0.25, 0.3) is 0 Å². The fourth-order valence-corrected chi connectivity index (χ4v) is 0.220. The van der Waals surface area contributed by atoms with Gasteiger partial charge in [0.15, 0.2) is 0 Å². The second-order valence-electron chi connectivity index (χ2n) is 1.01. The molecule has 6 heteroatoms. The van der Waals surface area contributed by atoms with Crippen molar-refractivity contribution < 1.29 is 20.5 Å². The monoisotopic (exact) mass is 166 g/mol. The highest BCUT2D eigenvalue weighted by atomic mass is 27.0. The fraction of sp³-hybridized carbons (Fsp3) is 0.750. The molecule has 0 bridgehead atoms. The largest absolute Gasteiger partial charge is 0.465 e. The molecule has 61 valence electrons. The fourth-order valence-electron chi connectivity index (χ4n) is 0.220. The number of nitrogens with two attached hydrogens (primary N) is 1. The Hall–Kier alpha value is -0.118. The molecule has 0 aliphatic carbocycles. The van der Waals surface area contributed by atoms with Gasteiger partial charge in [-0.1, -0.05) is 0 Å². The maximum Gasteiger partial charge on any atom is 0.319 e. The molecule has 0 rings (SSSR count). The number of rotatable bonds is 2. The van der Waals surface area contributed by atoms with Gasteiger partial charge in [-0.25, -0.2) is 0 Å². The molecule has 0 saturated carbocycles. The first kappa shape index (κ1) is 22.5. The van der Waals surface area contributed by atoms with Crippen LogP contribution >= 0.6 is 0 Å². The molecule has 3 radical (unpaired) electrons. The summed E-state index contributed by atoms with van der Waals surface area (Å²) in [6, 6.07) is 0. The van der Waals surface area contributed by atoms with Crippen LogP contribution in [0.3, 0.4) is 0 Å². The highest BCUT2D eigenvalue weighted by Gasteiger charge is 1.91. The topological polar surface area (TPSA) is 115 Å². The van der Waals surface area contributed by atoms with E-state index in [0.717, 1.165) is 0 Å². The van der Waals surface area contributed by atoms with E-state index in [9.17, 15) is 4.79 Å². The van der Waals surface area contributed by atoms with Gasteiger partial charge in [0.1, 0.15) is 0 Å². The molecule has 0 unspecified atom stereocenters. The van der Waals surface area contributed by atoms with Crippen LogP contribution in [-0.2, 0) is 9.53 Å². The van der Waals surface area contributed by atoms with Gasteiger partial charge in [0.2, 0.25) is 0 Å². The molecular formula is C4H13AlNO4. The Kier molecular flexibility index (Phi) is 35.9. The second kappa shape index (κ2) is 15.9. The minimum Gasteiger partial charge on any atom is -0.465 e. The van der Waals surface area contributed by atoms with E-state index in [2.05, 4.69) is 4.74 Å². The molecule has 5 nitrogen and oxygen atoms in total. The van der Waals surface area contributed by atoms with Crippen LogP contribution < -0.4 is 5.73 Å². The first-order valence-corrected chi connectivity index (χ1v) is 2.17. The average molecular weight is 166 g/mol. The number of esters is 1. The summed E-state index contributed by atoms with van der Waals surface area (Å²) in [5.74, 6) is -0.345. The molecule has 0 atom stereocenters. The molecule has 0 aromatic rings. The van der Waals surface area contributed by atoms with Gasteiger partial charge in [-0.3, -0.25) is 4.79 Å². The van der Waals surface area contributed by atoms with E-state index in [1.165, 1.54) is 0 Å². The van der Waals surface area contributed by atoms with Crippen LogP contribution in [0.4, 0.5) is 0 Å². The van der Waals surface area contributed by atoms with E-state index in [1.54, 1.807) is 6.92 Å². The molecule has 0 aliphatic heterocycles. The quantitative estimate of drug-likeness (QED) is 0.360. The normalized spacial score (nSPS) is 5.80. The van der Waals surface area contributed by atoms with Crippen LogP contribution in [0.2, 0.25) is 0 Å². The van der Waals surface area contributed by atoms with E-state index < -0.39 is 0 Å². The summed E-state index contributed by atoms with van der Waals surface area (Å²) in [5.41, 5.74) is 4.88. The lowest BCUT2D eigenvalue weighted by Crippen LogP contribution is -2.16. The second-order valence-corrected chi connectivity index (χ2v) is 1.01. The third-order valence-corrected chi connectivity index (χ3v) is 0.472.